The molecule has 2 heterocycles. The van der Waals surface area contributed by atoms with Gasteiger partial charge in [0.15, 0.2) is 5.82 Å². The van der Waals surface area contributed by atoms with Gasteiger partial charge >= 0.3 is 0 Å². The second-order valence-electron chi connectivity index (χ2n) is 5.01. The van der Waals surface area contributed by atoms with E-state index in [4.69, 9.17) is 11.6 Å². The Morgan fingerprint density at radius 3 is 3.05 bits per heavy atom. The number of imidazole rings is 1. The molecule has 0 spiro atoms. The van der Waals surface area contributed by atoms with Crippen molar-refractivity contribution in [2.75, 3.05) is 6.54 Å². The topological polar surface area (TPSA) is 46.9 Å². The van der Waals surface area contributed by atoms with Crippen molar-refractivity contribution in [2.45, 2.75) is 31.2 Å². The zero-order valence-electron chi connectivity index (χ0n) is 11.1. The van der Waals surface area contributed by atoms with Crippen LogP contribution < -0.4 is 5.32 Å². The molecule has 1 N–H and O–H groups in total. The first-order valence-corrected chi connectivity index (χ1v) is 7.11. The number of alkyl halides is 1. The van der Waals surface area contributed by atoms with Crippen molar-refractivity contribution >= 4 is 28.5 Å². The third kappa shape index (κ3) is 2.06. The van der Waals surface area contributed by atoms with Gasteiger partial charge in [0.2, 0.25) is 5.91 Å². The van der Waals surface area contributed by atoms with Crippen LogP contribution in [0.5, 0.6) is 0 Å². The highest BCUT2D eigenvalue weighted by Gasteiger charge is 2.29. The Balaban J connectivity index is 2.23. The first kappa shape index (κ1) is 13.4. The highest BCUT2D eigenvalue weighted by Crippen LogP contribution is 2.31. The minimum absolute atomic E-state index is 0.0571. The van der Waals surface area contributed by atoms with Crippen LogP contribution in [0.2, 0.25) is 0 Å². The lowest BCUT2D eigenvalue weighted by Crippen LogP contribution is -2.38. The molecule has 6 heteroatoms. The maximum absolute atomic E-state index is 13.9. The first-order valence-electron chi connectivity index (χ1n) is 6.67. The van der Waals surface area contributed by atoms with Crippen LogP contribution in [0.4, 0.5) is 4.39 Å². The molecule has 0 aliphatic carbocycles. The first-order chi connectivity index (χ1) is 9.59. The summed E-state index contributed by atoms with van der Waals surface area (Å²) in [4.78, 5) is 16.4. The number of piperidine rings is 1. The molecule has 0 saturated carbocycles. The Morgan fingerprint density at radius 1 is 1.55 bits per heavy atom. The van der Waals surface area contributed by atoms with Crippen LogP contribution in [0.15, 0.2) is 18.2 Å². The molecule has 0 bridgehead atoms. The molecule has 2 atom stereocenters. The summed E-state index contributed by atoms with van der Waals surface area (Å²) in [6.07, 6.45) is 1.60. The molecule has 20 heavy (non-hydrogen) atoms. The smallest absolute Gasteiger partial charge is 0.243 e. The third-order valence-electron chi connectivity index (χ3n) is 3.62. The van der Waals surface area contributed by atoms with E-state index in [9.17, 15) is 9.18 Å². The number of carbonyl (C=O) groups is 1. The number of carbonyl (C=O) groups excluding carboxylic acids is 1. The molecule has 2 unspecified atom stereocenters. The van der Waals surface area contributed by atoms with Crippen LogP contribution >= 0.6 is 11.6 Å². The number of aromatic nitrogens is 2. The zero-order chi connectivity index (χ0) is 14.3. The Labute approximate surface area is 120 Å². The molecule has 4 nitrogen and oxygen atoms in total. The maximum Gasteiger partial charge on any atom is 0.243 e. The summed E-state index contributed by atoms with van der Waals surface area (Å²) in [7, 11) is 0. The van der Waals surface area contributed by atoms with E-state index in [1.54, 1.807) is 23.6 Å². The standard InChI is InChI=1S/C14H15ClFN3O/c1-8(15)13-18-12-9(16)4-2-5-10(12)19(13)11-6-3-7-17-14(11)20/h2,4-5,8,11H,3,6-7H2,1H3,(H,17,20). The number of benzene rings is 1. The summed E-state index contributed by atoms with van der Waals surface area (Å²) < 4.78 is 15.7. The molecule has 1 fully saturated rings. The molecule has 0 radical (unpaired) electrons. The Hall–Kier alpha value is -1.62. The SMILES string of the molecule is CC(Cl)c1nc2c(F)cccc2n1C1CCCNC1=O. The number of hydrogen-bond acceptors (Lipinski definition) is 2. The quantitative estimate of drug-likeness (QED) is 0.866. The van der Waals surface area contributed by atoms with E-state index in [-0.39, 0.29) is 17.5 Å². The molecular formula is C14H15ClFN3O. The Kier molecular flexibility index (Phi) is 3.38. The summed E-state index contributed by atoms with van der Waals surface area (Å²) in [5.41, 5.74) is 0.892. The van der Waals surface area contributed by atoms with Crippen molar-refractivity contribution in [1.82, 2.24) is 14.9 Å². The molecular weight excluding hydrogens is 281 g/mol. The molecule has 3 rings (SSSR count). The molecule has 1 aromatic heterocycles. The molecule has 1 aromatic carbocycles. The Bertz CT molecular complexity index is 668. The van der Waals surface area contributed by atoms with E-state index < -0.39 is 11.2 Å². The summed E-state index contributed by atoms with van der Waals surface area (Å²) >= 11 is 6.16. The van der Waals surface area contributed by atoms with E-state index in [2.05, 4.69) is 10.3 Å². The number of amides is 1. The van der Waals surface area contributed by atoms with Crippen molar-refractivity contribution < 1.29 is 9.18 Å². The van der Waals surface area contributed by atoms with Gasteiger partial charge < -0.3 is 9.88 Å². The lowest BCUT2D eigenvalue weighted by atomic mass is 10.1. The van der Waals surface area contributed by atoms with Crippen molar-refractivity contribution in [3.8, 4) is 0 Å². The summed E-state index contributed by atoms with van der Waals surface area (Å²) in [6.45, 7) is 2.46. The summed E-state index contributed by atoms with van der Waals surface area (Å²) in [5.74, 6) is 0.0863. The molecule has 2 aromatic rings. The maximum atomic E-state index is 13.9. The number of hydrogen-bond donors (Lipinski definition) is 1. The van der Waals surface area contributed by atoms with Gasteiger partial charge in [0, 0.05) is 6.54 Å². The second kappa shape index (κ2) is 5.05. The van der Waals surface area contributed by atoms with Gasteiger partial charge in [0.1, 0.15) is 17.4 Å². The number of fused-ring (bicyclic) bond motifs is 1. The highest BCUT2D eigenvalue weighted by molar-refractivity contribution is 6.20. The molecule has 1 aliphatic heterocycles. The average molecular weight is 296 g/mol. The highest BCUT2D eigenvalue weighted by atomic mass is 35.5. The fourth-order valence-corrected chi connectivity index (χ4v) is 2.87. The van der Waals surface area contributed by atoms with Crippen LogP contribution in [0.25, 0.3) is 11.0 Å². The number of nitrogens with zero attached hydrogens (tertiary/aromatic N) is 2. The van der Waals surface area contributed by atoms with Crippen molar-refractivity contribution in [2.24, 2.45) is 0 Å². The van der Waals surface area contributed by atoms with Gasteiger partial charge in [-0.3, -0.25) is 4.79 Å². The Morgan fingerprint density at radius 2 is 2.35 bits per heavy atom. The predicted octanol–water partition coefficient (Wildman–Crippen LogP) is 2.93. The zero-order valence-corrected chi connectivity index (χ0v) is 11.8. The number of para-hydroxylation sites is 1. The largest absolute Gasteiger partial charge is 0.354 e. The van der Waals surface area contributed by atoms with Crippen LogP contribution in [-0.4, -0.2) is 22.0 Å². The summed E-state index contributed by atoms with van der Waals surface area (Å²) in [6, 6.07) is 4.39. The van der Waals surface area contributed by atoms with Crippen molar-refractivity contribution in [1.29, 1.82) is 0 Å². The van der Waals surface area contributed by atoms with Crippen molar-refractivity contribution in [3.63, 3.8) is 0 Å². The van der Waals surface area contributed by atoms with Gasteiger partial charge in [-0.15, -0.1) is 11.6 Å². The van der Waals surface area contributed by atoms with Gasteiger partial charge in [-0.25, -0.2) is 9.37 Å². The monoisotopic (exact) mass is 295 g/mol. The van der Waals surface area contributed by atoms with E-state index >= 15 is 0 Å². The van der Waals surface area contributed by atoms with Crippen molar-refractivity contribution in [3.05, 3.63) is 29.8 Å². The minimum Gasteiger partial charge on any atom is -0.354 e. The fraction of sp³-hybridized carbons (Fsp3) is 0.429. The third-order valence-corrected chi connectivity index (χ3v) is 3.82. The number of rotatable bonds is 2. The molecule has 1 amide bonds. The minimum atomic E-state index is -0.393. The van der Waals surface area contributed by atoms with Crippen LogP contribution in [0.3, 0.4) is 0 Å². The van der Waals surface area contributed by atoms with E-state index in [1.165, 1.54) is 6.07 Å². The number of nitrogens with one attached hydrogen (secondary N) is 1. The lowest BCUT2D eigenvalue weighted by Gasteiger charge is -2.25. The van der Waals surface area contributed by atoms with E-state index in [0.29, 0.717) is 24.3 Å². The molecule has 106 valence electrons. The second-order valence-corrected chi connectivity index (χ2v) is 5.67. The van der Waals surface area contributed by atoms with E-state index in [1.807, 2.05) is 0 Å². The normalized spacial score (nSPS) is 20.9. The molecule has 1 saturated heterocycles. The van der Waals surface area contributed by atoms with Gasteiger partial charge in [-0.05, 0) is 31.9 Å². The molecule has 1 aliphatic rings. The van der Waals surface area contributed by atoms with Gasteiger partial charge in [0.05, 0.1) is 10.9 Å². The average Bonchev–Trinajstić information content (AvgIpc) is 2.80. The number of halogens is 2. The van der Waals surface area contributed by atoms with E-state index in [0.717, 1.165) is 6.42 Å². The van der Waals surface area contributed by atoms with Crippen LogP contribution in [0.1, 0.15) is 37.0 Å². The van der Waals surface area contributed by atoms with Gasteiger partial charge in [-0.1, -0.05) is 6.07 Å². The van der Waals surface area contributed by atoms with Crippen LogP contribution in [0, 0.1) is 5.82 Å². The van der Waals surface area contributed by atoms with Gasteiger partial charge in [0.25, 0.3) is 0 Å². The van der Waals surface area contributed by atoms with Crippen LogP contribution in [-0.2, 0) is 4.79 Å². The predicted molar refractivity (Wildman–Crippen MR) is 75.2 cm³/mol. The summed E-state index contributed by atoms with van der Waals surface area (Å²) in [5, 5.41) is 2.45. The fourth-order valence-electron chi connectivity index (χ4n) is 2.71. The van der Waals surface area contributed by atoms with Gasteiger partial charge in [-0.2, -0.15) is 0 Å². The lowest BCUT2D eigenvalue weighted by molar-refractivity contribution is -0.125.